The fourth-order valence-electron chi connectivity index (χ4n) is 3.20. The molecule has 1 aromatic rings. The van der Waals surface area contributed by atoms with E-state index in [1.807, 2.05) is 35.2 Å². The van der Waals surface area contributed by atoms with Crippen molar-refractivity contribution in [1.29, 1.82) is 0 Å². The zero-order valence-electron chi connectivity index (χ0n) is 12.4. The molecule has 1 aliphatic carbocycles. The minimum atomic E-state index is -0.476. The predicted octanol–water partition coefficient (Wildman–Crippen LogP) is 2.26. The van der Waals surface area contributed by atoms with E-state index in [0.29, 0.717) is 0 Å². The maximum atomic E-state index is 12.4. The molecule has 2 atom stereocenters. The molecule has 0 radical (unpaired) electrons. The summed E-state index contributed by atoms with van der Waals surface area (Å²) in [5.74, 6) is 0.718. The molecule has 21 heavy (non-hydrogen) atoms. The van der Waals surface area contributed by atoms with E-state index in [2.05, 4.69) is 12.2 Å². The van der Waals surface area contributed by atoms with E-state index in [1.54, 1.807) is 0 Å². The lowest BCUT2D eigenvalue weighted by Gasteiger charge is -2.40. The smallest absolute Gasteiger partial charge is 0.247 e. The van der Waals surface area contributed by atoms with Crippen LogP contribution >= 0.6 is 0 Å². The van der Waals surface area contributed by atoms with Gasteiger partial charge >= 0.3 is 0 Å². The summed E-state index contributed by atoms with van der Waals surface area (Å²) in [5, 5.41) is 2.73. The van der Waals surface area contributed by atoms with Crippen molar-refractivity contribution in [3.63, 3.8) is 0 Å². The summed E-state index contributed by atoms with van der Waals surface area (Å²) in [6.07, 6.45) is 4.46. The van der Waals surface area contributed by atoms with Gasteiger partial charge in [0.2, 0.25) is 11.8 Å². The summed E-state index contributed by atoms with van der Waals surface area (Å²) < 4.78 is 0. The van der Waals surface area contributed by atoms with Gasteiger partial charge < -0.3 is 10.2 Å². The minimum Gasteiger partial charge on any atom is -0.345 e. The second kappa shape index (κ2) is 5.88. The van der Waals surface area contributed by atoms with Crippen LogP contribution in [0.5, 0.6) is 0 Å². The molecule has 2 fully saturated rings. The van der Waals surface area contributed by atoms with E-state index in [1.165, 1.54) is 12.8 Å². The molecule has 1 saturated heterocycles. The molecule has 0 bridgehead atoms. The highest BCUT2D eigenvalue weighted by molar-refractivity contribution is 5.95. The maximum Gasteiger partial charge on any atom is 0.247 e. The molecule has 2 amide bonds. The number of nitrogens with one attached hydrogen (secondary N) is 1. The first-order valence-corrected chi connectivity index (χ1v) is 7.84. The number of hydrogen-bond acceptors (Lipinski definition) is 2. The van der Waals surface area contributed by atoms with Gasteiger partial charge in [-0.25, -0.2) is 0 Å². The molecule has 4 heteroatoms. The van der Waals surface area contributed by atoms with E-state index in [0.717, 1.165) is 24.3 Å². The van der Waals surface area contributed by atoms with Crippen LogP contribution in [0.2, 0.25) is 0 Å². The molecule has 2 aliphatic rings. The molecule has 1 N–H and O–H groups in total. The van der Waals surface area contributed by atoms with Crippen molar-refractivity contribution < 1.29 is 9.59 Å². The van der Waals surface area contributed by atoms with Gasteiger partial charge in [0.1, 0.15) is 6.04 Å². The quantitative estimate of drug-likeness (QED) is 0.902. The fourth-order valence-corrected chi connectivity index (χ4v) is 3.20. The highest BCUT2D eigenvalue weighted by Crippen LogP contribution is 2.38. The van der Waals surface area contributed by atoms with Crippen LogP contribution in [-0.2, 0) is 9.59 Å². The third kappa shape index (κ3) is 2.94. The largest absolute Gasteiger partial charge is 0.345 e. The molecule has 1 saturated carbocycles. The second-order valence-electron chi connectivity index (χ2n) is 6.07. The van der Waals surface area contributed by atoms with Gasteiger partial charge in [0.15, 0.2) is 0 Å². The Morgan fingerprint density at radius 3 is 2.57 bits per heavy atom. The van der Waals surface area contributed by atoms with Gasteiger partial charge in [-0.3, -0.25) is 9.59 Å². The van der Waals surface area contributed by atoms with Gasteiger partial charge in [-0.1, -0.05) is 50.1 Å². The van der Waals surface area contributed by atoms with Crippen molar-refractivity contribution in [2.75, 3.05) is 6.54 Å². The Labute approximate surface area is 125 Å². The van der Waals surface area contributed by atoms with E-state index in [4.69, 9.17) is 0 Å². The summed E-state index contributed by atoms with van der Waals surface area (Å²) in [4.78, 5) is 26.6. The average Bonchev–Trinajstić information content (AvgIpc) is 3.32. The lowest BCUT2D eigenvalue weighted by Crippen LogP contribution is -2.57. The Morgan fingerprint density at radius 1 is 1.24 bits per heavy atom. The van der Waals surface area contributed by atoms with Crippen LogP contribution in [-0.4, -0.2) is 29.3 Å². The number of hydrogen-bond donors (Lipinski definition) is 1. The van der Waals surface area contributed by atoms with Gasteiger partial charge in [-0.05, 0) is 24.3 Å². The predicted molar refractivity (Wildman–Crippen MR) is 80.5 cm³/mol. The van der Waals surface area contributed by atoms with Gasteiger partial charge in [0.25, 0.3) is 0 Å². The number of nitrogens with zero attached hydrogens (tertiary/aromatic N) is 1. The molecule has 3 rings (SSSR count). The van der Waals surface area contributed by atoms with Crippen LogP contribution in [0.4, 0.5) is 0 Å². The van der Waals surface area contributed by atoms with Crippen LogP contribution in [0.3, 0.4) is 0 Å². The van der Waals surface area contributed by atoms with E-state index in [-0.39, 0.29) is 24.4 Å². The number of carbonyl (C=O) groups is 2. The number of amides is 2. The molecule has 112 valence electrons. The third-order valence-corrected chi connectivity index (χ3v) is 4.51. The lowest BCUT2D eigenvalue weighted by atomic mass is 9.96. The van der Waals surface area contributed by atoms with Gasteiger partial charge in [0.05, 0.1) is 6.54 Å². The molecule has 4 nitrogen and oxygen atoms in total. The van der Waals surface area contributed by atoms with Crippen molar-refractivity contribution in [2.45, 2.75) is 44.7 Å². The number of carbonyl (C=O) groups excluding carboxylic acids is 2. The highest BCUT2D eigenvalue weighted by atomic mass is 16.2. The van der Waals surface area contributed by atoms with Crippen molar-refractivity contribution in [3.05, 3.63) is 35.9 Å². The Kier molecular flexibility index (Phi) is 3.95. The molecule has 1 heterocycles. The molecule has 2 unspecified atom stereocenters. The lowest BCUT2D eigenvalue weighted by molar-refractivity contribution is -0.149. The zero-order valence-corrected chi connectivity index (χ0v) is 12.4. The number of benzene rings is 1. The first kappa shape index (κ1) is 14.1. The number of rotatable bonds is 5. The van der Waals surface area contributed by atoms with Gasteiger partial charge in [0, 0.05) is 6.04 Å². The molecule has 0 spiro atoms. The highest BCUT2D eigenvalue weighted by Gasteiger charge is 2.40. The Balaban J connectivity index is 1.91. The van der Waals surface area contributed by atoms with Crippen LogP contribution in [0.15, 0.2) is 30.3 Å². The minimum absolute atomic E-state index is 0.0379. The molecule has 1 aliphatic heterocycles. The van der Waals surface area contributed by atoms with E-state index < -0.39 is 6.04 Å². The van der Waals surface area contributed by atoms with Crippen LogP contribution in [0.25, 0.3) is 0 Å². The Bertz CT molecular complexity index is 525. The number of piperazine rings is 1. The summed E-state index contributed by atoms with van der Waals surface area (Å²) >= 11 is 0. The molecule has 1 aromatic carbocycles. The zero-order chi connectivity index (χ0) is 14.8. The second-order valence-corrected chi connectivity index (χ2v) is 6.07. The van der Waals surface area contributed by atoms with Gasteiger partial charge in [-0.2, -0.15) is 0 Å². The van der Waals surface area contributed by atoms with E-state index >= 15 is 0 Å². The van der Waals surface area contributed by atoms with Crippen molar-refractivity contribution in [1.82, 2.24) is 10.2 Å². The Morgan fingerprint density at radius 2 is 1.95 bits per heavy atom. The average molecular weight is 286 g/mol. The third-order valence-electron chi connectivity index (χ3n) is 4.51. The molecular weight excluding hydrogens is 264 g/mol. The monoisotopic (exact) mass is 286 g/mol. The summed E-state index contributed by atoms with van der Waals surface area (Å²) in [7, 11) is 0. The fraction of sp³-hybridized carbons (Fsp3) is 0.529. The summed E-state index contributed by atoms with van der Waals surface area (Å²) in [5.41, 5.74) is 0.900. The standard InChI is InChI=1S/C17H22N2O2/c1-2-14(10-12-8-9-12)19-15(20)11-18-17(21)16(19)13-6-4-3-5-7-13/h3-7,12,14,16H,2,8-11H2,1H3,(H,18,21). The molecule has 0 aromatic heterocycles. The van der Waals surface area contributed by atoms with Crippen molar-refractivity contribution in [2.24, 2.45) is 5.92 Å². The van der Waals surface area contributed by atoms with Crippen LogP contribution in [0.1, 0.15) is 44.2 Å². The topological polar surface area (TPSA) is 49.4 Å². The van der Waals surface area contributed by atoms with Crippen molar-refractivity contribution in [3.8, 4) is 0 Å². The SMILES string of the molecule is CCC(CC1CC1)N1C(=O)CNC(=O)C1c1ccccc1. The normalized spacial score (nSPS) is 23.9. The maximum absolute atomic E-state index is 12.4. The van der Waals surface area contributed by atoms with Crippen molar-refractivity contribution >= 4 is 11.8 Å². The van der Waals surface area contributed by atoms with Gasteiger partial charge in [-0.15, -0.1) is 0 Å². The van der Waals surface area contributed by atoms with Crippen LogP contribution < -0.4 is 5.32 Å². The summed E-state index contributed by atoms with van der Waals surface area (Å²) in [6.45, 7) is 2.23. The molecular formula is C17H22N2O2. The first-order chi connectivity index (χ1) is 10.2. The van der Waals surface area contributed by atoms with E-state index in [9.17, 15) is 9.59 Å². The first-order valence-electron chi connectivity index (χ1n) is 7.84. The summed E-state index contributed by atoms with van der Waals surface area (Å²) in [6, 6.07) is 9.32. The van der Waals surface area contributed by atoms with Crippen LogP contribution in [0, 0.1) is 5.92 Å². The Hall–Kier alpha value is -1.84.